The fourth-order valence-electron chi connectivity index (χ4n) is 2.06. The number of carbonyl (C=O) groups is 1. The SMILES string of the molecule is C=C(C)Cc1cccc2c1CCC2=O. The Kier molecular flexibility index (Phi) is 2.24. The molecule has 2 rings (SSSR count). The van der Waals surface area contributed by atoms with Crippen LogP contribution in [-0.2, 0) is 12.8 Å². The number of hydrogen-bond donors (Lipinski definition) is 0. The Morgan fingerprint density at radius 3 is 2.93 bits per heavy atom. The van der Waals surface area contributed by atoms with Crippen LogP contribution in [0.1, 0.15) is 34.8 Å². The highest BCUT2D eigenvalue weighted by Gasteiger charge is 2.21. The summed E-state index contributed by atoms with van der Waals surface area (Å²) in [4.78, 5) is 11.5. The van der Waals surface area contributed by atoms with E-state index in [0.717, 1.165) is 24.0 Å². The molecule has 0 atom stereocenters. The zero-order valence-electron chi connectivity index (χ0n) is 8.47. The van der Waals surface area contributed by atoms with Crippen LogP contribution in [0.15, 0.2) is 30.4 Å². The summed E-state index contributed by atoms with van der Waals surface area (Å²) in [6.07, 6.45) is 2.50. The lowest BCUT2D eigenvalue weighted by atomic mass is 9.98. The van der Waals surface area contributed by atoms with Gasteiger partial charge in [-0.25, -0.2) is 0 Å². The largest absolute Gasteiger partial charge is 0.294 e. The van der Waals surface area contributed by atoms with Gasteiger partial charge in [-0.2, -0.15) is 0 Å². The van der Waals surface area contributed by atoms with E-state index in [1.54, 1.807) is 0 Å². The van der Waals surface area contributed by atoms with Gasteiger partial charge in [0, 0.05) is 12.0 Å². The molecule has 0 heterocycles. The van der Waals surface area contributed by atoms with Crippen molar-refractivity contribution in [3.05, 3.63) is 47.0 Å². The van der Waals surface area contributed by atoms with Gasteiger partial charge < -0.3 is 0 Å². The maximum atomic E-state index is 11.5. The van der Waals surface area contributed by atoms with Crippen LogP contribution in [0.25, 0.3) is 0 Å². The van der Waals surface area contributed by atoms with E-state index in [1.807, 2.05) is 19.1 Å². The van der Waals surface area contributed by atoms with Crippen LogP contribution in [0, 0.1) is 0 Å². The number of carbonyl (C=O) groups excluding carboxylic acids is 1. The Morgan fingerprint density at radius 2 is 2.21 bits per heavy atom. The lowest BCUT2D eigenvalue weighted by Crippen LogP contribution is -1.95. The summed E-state index contributed by atoms with van der Waals surface area (Å²) in [5.41, 5.74) is 4.61. The lowest BCUT2D eigenvalue weighted by molar-refractivity contribution is 0.0994. The molecule has 14 heavy (non-hydrogen) atoms. The van der Waals surface area contributed by atoms with E-state index in [0.29, 0.717) is 12.2 Å². The fraction of sp³-hybridized carbons (Fsp3) is 0.308. The molecule has 1 nitrogen and oxygen atoms in total. The average Bonchev–Trinajstić information content (AvgIpc) is 2.49. The van der Waals surface area contributed by atoms with Gasteiger partial charge in [0.1, 0.15) is 0 Å². The Hall–Kier alpha value is -1.37. The summed E-state index contributed by atoms with van der Waals surface area (Å²) < 4.78 is 0. The Balaban J connectivity index is 2.43. The molecule has 0 radical (unpaired) electrons. The molecule has 1 aliphatic carbocycles. The van der Waals surface area contributed by atoms with Crippen LogP contribution in [-0.4, -0.2) is 5.78 Å². The molecule has 1 aromatic carbocycles. The van der Waals surface area contributed by atoms with Crippen molar-refractivity contribution in [3.63, 3.8) is 0 Å². The number of allylic oxidation sites excluding steroid dienone is 1. The number of rotatable bonds is 2. The van der Waals surface area contributed by atoms with Crippen molar-refractivity contribution in [2.75, 3.05) is 0 Å². The summed E-state index contributed by atoms with van der Waals surface area (Å²) in [6, 6.07) is 6.01. The molecule has 0 bridgehead atoms. The van der Waals surface area contributed by atoms with E-state index < -0.39 is 0 Å². The van der Waals surface area contributed by atoms with Crippen LogP contribution in [0.3, 0.4) is 0 Å². The van der Waals surface area contributed by atoms with Gasteiger partial charge in [0.25, 0.3) is 0 Å². The monoisotopic (exact) mass is 186 g/mol. The van der Waals surface area contributed by atoms with Gasteiger partial charge in [0.15, 0.2) is 5.78 Å². The number of benzene rings is 1. The third-order valence-corrected chi connectivity index (χ3v) is 2.67. The molecule has 0 unspecified atom stereocenters. The third-order valence-electron chi connectivity index (χ3n) is 2.67. The minimum Gasteiger partial charge on any atom is -0.294 e. The molecular formula is C13H14O. The number of fused-ring (bicyclic) bond motifs is 1. The lowest BCUT2D eigenvalue weighted by Gasteiger charge is -2.06. The minimum absolute atomic E-state index is 0.295. The van der Waals surface area contributed by atoms with Gasteiger partial charge in [-0.15, -0.1) is 0 Å². The predicted molar refractivity (Wildman–Crippen MR) is 57.6 cm³/mol. The van der Waals surface area contributed by atoms with Gasteiger partial charge >= 0.3 is 0 Å². The predicted octanol–water partition coefficient (Wildman–Crippen LogP) is 2.93. The summed E-state index contributed by atoms with van der Waals surface area (Å²) in [5.74, 6) is 0.295. The molecule has 0 N–H and O–H groups in total. The Morgan fingerprint density at radius 1 is 1.43 bits per heavy atom. The molecular weight excluding hydrogens is 172 g/mol. The molecule has 0 saturated carbocycles. The molecule has 0 spiro atoms. The van der Waals surface area contributed by atoms with Gasteiger partial charge in [-0.05, 0) is 30.9 Å². The molecule has 0 saturated heterocycles. The maximum Gasteiger partial charge on any atom is 0.163 e. The first-order valence-electron chi connectivity index (χ1n) is 4.97. The minimum atomic E-state index is 0.295. The summed E-state index contributed by atoms with van der Waals surface area (Å²) in [6.45, 7) is 5.93. The van der Waals surface area contributed by atoms with E-state index in [1.165, 1.54) is 11.1 Å². The molecule has 72 valence electrons. The van der Waals surface area contributed by atoms with Gasteiger partial charge in [-0.1, -0.05) is 30.4 Å². The van der Waals surface area contributed by atoms with Crippen LogP contribution >= 0.6 is 0 Å². The first kappa shape index (κ1) is 9.20. The van der Waals surface area contributed by atoms with Crippen LogP contribution in [0.2, 0.25) is 0 Å². The van der Waals surface area contributed by atoms with Crippen molar-refractivity contribution in [2.45, 2.75) is 26.2 Å². The van der Waals surface area contributed by atoms with Gasteiger partial charge in [0.05, 0.1) is 0 Å². The van der Waals surface area contributed by atoms with Crippen molar-refractivity contribution < 1.29 is 4.79 Å². The number of Topliss-reactive ketones (excluding diaryl/α,β-unsaturated/α-hetero) is 1. The van der Waals surface area contributed by atoms with Gasteiger partial charge in [-0.3, -0.25) is 4.79 Å². The molecule has 0 aromatic heterocycles. The average molecular weight is 186 g/mol. The Labute approximate surface area is 84.5 Å². The van der Waals surface area contributed by atoms with E-state index in [9.17, 15) is 4.79 Å². The van der Waals surface area contributed by atoms with Gasteiger partial charge in [0.2, 0.25) is 0 Å². The normalized spacial score (nSPS) is 14.2. The molecule has 1 heteroatoms. The van der Waals surface area contributed by atoms with Crippen molar-refractivity contribution in [2.24, 2.45) is 0 Å². The zero-order valence-corrected chi connectivity index (χ0v) is 8.47. The van der Waals surface area contributed by atoms with Crippen molar-refractivity contribution in [3.8, 4) is 0 Å². The van der Waals surface area contributed by atoms with Crippen molar-refractivity contribution in [1.29, 1.82) is 0 Å². The first-order chi connectivity index (χ1) is 6.68. The molecule has 0 fully saturated rings. The highest BCUT2D eigenvalue weighted by molar-refractivity contribution is 6.00. The second-order valence-corrected chi connectivity index (χ2v) is 4.00. The van der Waals surface area contributed by atoms with E-state index in [-0.39, 0.29) is 0 Å². The van der Waals surface area contributed by atoms with E-state index in [4.69, 9.17) is 0 Å². The second-order valence-electron chi connectivity index (χ2n) is 4.00. The van der Waals surface area contributed by atoms with E-state index in [2.05, 4.69) is 12.6 Å². The quantitative estimate of drug-likeness (QED) is 0.649. The highest BCUT2D eigenvalue weighted by atomic mass is 16.1. The topological polar surface area (TPSA) is 17.1 Å². The third kappa shape index (κ3) is 1.50. The second kappa shape index (κ2) is 3.41. The van der Waals surface area contributed by atoms with Crippen LogP contribution < -0.4 is 0 Å². The Bertz CT molecular complexity index is 402. The fourth-order valence-corrected chi connectivity index (χ4v) is 2.06. The highest BCUT2D eigenvalue weighted by Crippen LogP contribution is 2.26. The smallest absolute Gasteiger partial charge is 0.163 e. The number of hydrogen-bond acceptors (Lipinski definition) is 1. The van der Waals surface area contributed by atoms with Crippen molar-refractivity contribution in [1.82, 2.24) is 0 Å². The molecule has 0 amide bonds. The van der Waals surface area contributed by atoms with Crippen LogP contribution in [0.5, 0.6) is 0 Å². The number of ketones is 1. The summed E-state index contributed by atoms with van der Waals surface area (Å²) in [7, 11) is 0. The summed E-state index contributed by atoms with van der Waals surface area (Å²) >= 11 is 0. The maximum absolute atomic E-state index is 11.5. The summed E-state index contributed by atoms with van der Waals surface area (Å²) in [5, 5.41) is 0. The zero-order chi connectivity index (χ0) is 10.1. The molecule has 1 aromatic rings. The van der Waals surface area contributed by atoms with Crippen molar-refractivity contribution >= 4 is 5.78 Å². The van der Waals surface area contributed by atoms with Crippen LogP contribution in [0.4, 0.5) is 0 Å². The molecule has 0 aliphatic heterocycles. The standard InChI is InChI=1S/C13H14O/c1-9(2)8-10-4-3-5-12-11(10)6-7-13(12)14/h3-5H,1,6-8H2,2H3. The molecule has 1 aliphatic rings. The first-order valence-corrected chi connectivity index (χ1v) is 4.97. The van der Waals surface area contributed by atoms with E-state index >= 15 is 0 Å².